The monoisotopic (exact) mass is 314 g/mol. The summed E-state index contributed by atoms with van der Waals surface area (Å²) in [6, 6.07) is 9.04. The molecule has 0 spiro atoms. The highest BCUT2D eigenvalue weighted by Crippen LogP contribution is 2.13. The molecule has 2 rings (SSSR count). The molecule has 0 atom stereocenters. The number of nitrogens with one attached hydrogen (secondary N) is 1. The van der Waals surface area contributed by atoms with Crippen LogP contribution in [0.1, 0.15) is 10.5 Å². The first-order valence-corrected chi connectivity index (χ1v) is 5.31. The van der Waals surface area contributed by atoms with E-state index < -0.39 is 0 Å². The smallest absolute Gasteiger partial charge is 0.277 e. The number of carbonyl (C=O) groups is 1. The van der Waals surface area contributed by atoms with Gasteiger partial charge in [0.15, 0.2) is 5.69 Å². The van der Waals surface area contributed by atoms with Crippen LogP contribution in [0.15, 0.2) is 41.1 Å². The van der Waals surface area contributed by atoms with E-state index in [1.54, 1.807) is 0 Å². The maximum Gasteiger partial charge on any atom is 0.277 e. The van der Waals surface area contributed by atoms with E-state index in [9.17, 15) is 4.79 Å². The molecule has 0 radical (unpaired) electrons. The Labute approximate surface area is 99.8 Å². The van der Waals surface area contributed by atoms with Crippen molar-refractivity contribution >= 4 is 34.2 Å². The second-order valence-electron chi connectivity index (χ2n) is 2.85. The van der Waals surface area contributed by atoms with Gasteiger partial charge in [0.1, 0.15) is 6.26 Å². The third kappa shape index (κ3) is 2.56. The summed E-state index contributed by atoms with van der Waals surface area (Å²) in [4.78, 5) is 11.6. The van der Waals surface area contributed by atoms with Gasteiger partial charge in [0.2, 0.25) is 0 Å². The summed E-state index contributed by atoms with van der Waals surface area (Å²) < 4.78 is 5.65. The van der Waals surface area contributed by atoms with E-state index >= 15 is 0 Å². The Morgan fingerprint density at radius 1 is 1.40 bits per heavy atom. The second kappa shape index (κ2) is 4.43. The topological polar surface area (TPSA) is 55.1 Å². The van der Waals surface area contributed by atoms with Crippen molar-refractivity contribution in [2.75, 3.05) is 5.32 Å². The van der Waals surface area contributed by atoms with Crippen molar-refractivity contribution in [1.29, 1.82) is 0 Å². The SMILES string of the molecule is O=C(Nc1cccc(I)c1)c1ccon1. The van der Waals surface area contributed by atoms with Crippen molar-refractivity contribution in [1.82, 2.24) is 5.16 Å². The van der Waals surface area contributed by atoms with Gasteiger partial charge in [0, 0.05) is 15.3 Å². The van der Waals surface area contributed by atoms with Crippen molar-refractivity contribution in [3.8, 4) is 0 Å². The van der Waals surface area contributed by atoms with Gasteiger partial charge < -0.3 is 9.84 Å². The van der Waals surface area contributed by atoms with Gasteiger partial charge in [0.05, 0.1) is 0 Å². The van der Waals surface area contributed by atoms with Crippen LogP contribution in [0.2, 0.25) is 0 Å². The van der Waals surface area contributed by atoms with Crippen LogP contribution in [0.3, 0.4) is 0 Å². The molecule has 2 aromatic rings. The quantitative estimate of drug-likeness (QED) is 0.867. The van der Waals surface area contributed by atoms with Crippen LogP contribution in [0.25, 0.3) is 0 Å². The highest BCUT2D eigenvalue weighted by atomic mass is 127. The van der Waals surface area contributed by atoms with Crippen molar-refractivity contribution in [2.45, 2.75) is 0 Å². The Morgan fingerprint density at radius 2 is 2.27 bits per heavy atom. The normalized spacial score (nSPS) is 9.93. The summed E-state index contributed by atoms with van der Waals surface area (Å²) in [6.07, 6.45) is 1.36. The van der Waals surface area contributed by atoms with Gasteiger partial charge in [0.25, 0.3) is 5.91 Å². The first-order chi connectivity index (χ1) is 7.25. The third-order valence-electron chi connectivity index (χ3n) is 1.75. The number of nitrogens with zero attached hydrogens (tertiary/aromatic N) is 1. The zero-order valence-corrected chi connectivity index (χ0v) is 9.76. The predicted octanol–water partition coefficient (Wildman–Crippen LogP) is 2.53. The molecule has 0 aliphatic carbocycles. The van der Waals surface area contributed by atoms with Crippen LogP contribution in [0, 0.1) is 3.57 Å². The van der Waals surface area contributed by atoms with E-state index in [0.29, 0.717) is 0 Å². The van der Waals surface area contributed by atoms with Gasteiger partial charge in [-0.3, -0.25) is 4.79 Å². The minimum atomic E-state index is -0.272. The number of hydrogen-bond donors (Lipinski definition) is 1. The zero-order chi connectivity index (χ0) is 10.7. The second-order valence-corrected chi connectivity index (χ2v) is 4.09. The highest BCUT2D eigenvalue weighted by molar-refractivity contribution is 14.1. The largest absolute Gasteiger partial charge is 0.364 e. The molecule has 0 saturated heterocycles. The molecule has 0 saturated carbocycles. The van der Waals surface area contributed by atoms with Crippen LogP contribution < -0.4 is 5.32 Å². The minimum absolute atomic E-state index is 0.272. The van der Waals surface area contributed by atoms with Crippen molar-refractivity contribution in [3.63, 3.8) is 0 Å². The van der Waals surface area contributed by atoms with Crippen LogP contribution in [-0.2, 0) is 0 Å². The standard InChI is InChI=1S/C10H7IN2O2/c11-7-2-1-3-8(6-7)12-10(14)9-4-5-15-13-9/h1-6H,(H,12,14). The Hall–Kier alpha value is -1.37. The Balaban J connectivity index is 2.13. The molecule has 1 aromatic carbocycles. The van der Waals surface area contributed by atoms with Crippen molar-refractivity contribution in [2.24, 2.45) is 0 Å². The summed E-state index contributed by atoms with van der Waals surface area (Å²) in [5.74, 6) is -0.272. The fraction of sp³-hybridized carbons (Fsp3) is 0. The Morgan fingerprint density at radius 3 is 2.93 bits per heavy atom. The van der Waals surface area contributed by atoms with E-state index in [4.69, 9.17) is 0 Å². The van der Waals surface area contributed by atoms with E-state index in [1.807, 2.05) is 24.3 Å². The lowest BCUT2D eigenvalue weighted by atomic mass is 10.3. The molecular weight excluding hydrogens is 307 g/mol. The van der Waals surface area contributed by atoms with Crippen LogP contribution in [0.4, 0.5) is 5.69 Å². The zero-order valence-electron chi connectivity index (χ0n) is 7.61. The molecule has 76 valence electrons. The van der Waals surface area contributed by atoms with Crippen molar-refractivity contribution in [3.05, 3.63) is 45.9 Å². The molecule has 4 nitrogen and oxygen atoms in total. The maximum absolute atomic E-state index is 11.6. The molecule has 15 heavy (non-hydrogen) atoms. The first kappa shape index (κ1) is 10.2. The molecule has 1 N–H and O–H groups in total. The summed E-state index contributed by atoms with van der Waals surface area (Å²) >= 11 is 2.18. The number of benzene rings is 1. The molecule has 0 aliphatic rings. The van der Waals surface area contributed by atoms with Crippen LogP contribution in [-0.4, -0.2) is 11.1 Å². The number of rotatable bonds is 2. The molecule has 0 bridgehead atoms. The number of aromatic nitrogens is 1. The molecule has 1 amide bonds. The van der Waals surface area contributed by atoms with Gasteiger partial charge in [-0.1, -0.05) is 11.2 Å². The Kier molecular flexibility index (Phi) is 3.00. The summed E-state index contributed by atoms with van der Waals surface area (Å²) in [5, 5.41) is 6.26. The van der Waals surface area contributed by atoms with Crippen LogP contribution in [0.5, 0.6) is 0 Å². The lowest BCUT2D eigenvalue weighted by molar-refractivity contribution is 0.101. The average molecular weight is 314 g/mol. The lowest BCUT2D eigenvalue weighted by Gasteiger charge is -2.02. The highest BCUT2D eigenvalue weighted by Gasteiger charge is 2.08. The number of halogens is 1. The number of hydrogen-bond acceptors (Lipinski definition) is 3. The lowest BCUT2D eigenvalue weighted by Crippen LogP contribution is -2.12. The van der Waals surface area contributed by atoms with E-state index in [0.717, 1.165) is 9.26 Å². The number of amides is 1. The van der Waals surface area contributed by atoms with Gasteiger partial charge in [-0.2, -0.15) is 0 Å². The fourth-order valence-electron chi connectivity index (χ4n) is 1.09. The molecule has 0 aliphatic heterocycles. The van der Waals surface area contributed by atoms with Gasteiger partial charge in [-0.15, -0.1) is 0 Å². The summed E-state index contributed by atoms with van der Waals surface area (Å²) in [5.41, 5.74) is 1.02. The maximum atomic E-state index is 11.6. The van der Waals surface area contributed by atoms with Gasteiger partial charge in [-0.05, 0) is 40.8 Å². The molecule has 5 heteroatoms. The van der Waals surface area contributed by atoms with Gasteiger partial charge >= 0.3 is 0 Å². The van der Waals surface area contributed by atoms with Crippen LogP contribution >= 0.6 is 22.6 Å². The summed E-state index contributed by atoms with van der Waals surface area (Å²) in [7, 11) is 0. The molecule has 1 heterocycles. The number of anilines is 1. The first-order valence-electron chi connectivity index (χ1n) is 4.23. The number of carbonyl (C=O) groups excluding carboxylic acids is 1. The van der Waals surface area contributed by atoms with E-state index in [1.165, 1.54) is 12.3 Å². The van der Waals surface area contributed by atoms with Crippen molar-refractivity contribution < 1.29 is 9.32 Å². The fourth-order valence-corrected chi connectivity index (χ4v) is 1.63. The van der Waals surface area contributed by atoms with E-state index in [-0.39, 0.29) is 11.6 Å². The molecule has 1 aromatic heterocycles. The predicted molar refractivity (Wildman–Crippen MR) is 63.6 cm³/mol. The van der Waals surface area contributed by atoms with E-state index in [2.05, 4.69) is 37.6 Å². The molecule has 0 unspecified atom stereocenters. The summed E-state index contributed by atoms with van der Waals surface area (Å²) in [6.45, 7) is 0. The third-order valence-corrected chi connectivity index (χ3v) is 2.42. The average Bonchev–Trinajstić information content (AvgIpc) is 2.70. The van der Waals surface area contributed by atoms with Gasteiger partial charge in [-0.25, -0.2) is 0 Å². The minimum Gasteiger partial charge on any atom is -0.364 e. The molecule has 0 fully saturated rings. The Bertz CT molecular complexity index is 468. The molecular formula is C10H7IN2O2.